The molecule has 0 N–H and O–H groups in total. The molecule has 0 bridgehead atoms. The van der Waals surface area contributed by atoms with Crippen molar-refractivity contribution in [2.45, 2.75) is 156 Å². The Kier molecular flexibility index (Phi) is 20.8. The van der Waals surface area contributed by atoms with Crippen LogP contribution in [-0.4, -0.2) is 33.6 Å². The maximum Gasteiger partial charge on any atom is 0.371 e. The normalized spacial score (nSPS) is 20.3. The van der Waals surface area contributed by atoms with Crippen LogP contribution in [0.25, 0.3) is 0 Å². The maximum absolute atomic E-state index is 6.16. The second-order valence-electron chi connectivity index (χ2n) is 9.14. The first-order chi connectivity index (χ1) is 15.1. The quantitative estimate of drug-likeness (QED) is 0.151. The molecule has 1 aliphatic heterocycles. The third kappa shape index (κ3) is 12.2. The van der Waals surface area contributed by atoms with Crippen molar-refractivity contribution in [2.24, 2.45) is 0 Å². The average molecular weight is 459 g/mol. The van der Waals surface area contributed by atoms with E-state index < -0.39 is 8.56 Å². The predicted molar refractivity (Wildman–Crippen MR) is 139 cm³/mol. The van der Waals surface area contributed by atoms with Gasteiger partial charge in [-0.05, 0) is 39.7 Å². The van der Waals surface area contributed by atoms with Gasteiger partial charge in [0.05, 0.1) is 0 Å². The summed E-state index contributed by atoms with van der Waals surface area (Å²) < 4.78 is 18.5. The Morgan fingerprint density at radius 1 is 0.581 bits per heavy atom. The molecule has 1 rings (SSSR count). The first-order valence-electron chi connectivity index (χ1n) is 14.0. The summed E-state index contributed by atoms with van der Waals surface area (Å²) in [5.74, 6) is 0. The molecule has 1 aliphatic rings. The van der Waals surface area contributed by atoms with Crippen molar-refractivity contribution < 1.29 is 13.6 Å². The largest absolute Gasteiger partial charge is 0.393 e. The van der Waals surface area contributed by atoms with E-state index in [1.807, 2.05) is 0 Å². The summed E-state index contributed by atoms with van der Waals surface area (Å²) in [5.41, 5.74) is 0. The van der Waals surface area contributed by atoms with E-state index in [0.29, 0.717) is 0 Å². The molecule has 1 saturated heterocycles. The minimum Gasteiger partial charge on any atom is -0.393 e. The Hall–Kier alpha value is 0.0969. The smallest absolute Gasteiger partial charge is 0.371 e. The predicted octanol–water partition coefficient (Wildman–Crippen LogP) is 9.12. The van der Waals surface area contributed by atoms with Crippen LogP contribution in [0, 0.1) is 0 Å². The number of hydrogen-bond acceptors (Lipinski definition) is 3. The van der Waals surface area contributed by atoms with E-state index in [4.69, 9.17) is 13.6 Å². The molecule has 1 heterocycles. The summed E-state index contributed by atoms with van der Waals surface area (Å²) in [5, 5.41) is -0.119. The topological polar surface area (TPSA) is 27.7 Å². The van der Waals surface area contributed by atoms with Gasteiger partial charge in [-0.3, -0.25) is 0 Å². The Labute approximate surface area is 197 Å². The van der Waals surface area contributed by atoms with Crippen LogP contribution in [0.5, 0.6) is 0 Å². The molecule has 0 aromatic carbocycles. The van der Waals surface area contributed by atoms with Crippen LogP contribution in [0.2, 0.25) is 6.04 Å². The molecule has 0 spiro atoms. The third-order valence-electron chi connectivity index (χ3n) is 6.73. The fraction of sp³-hybridized carbons (Fsp3) is 1.00. The van der Waals surface area contributed by atoms with Gasteiger partial charge in [0.15, 0.2) is 0 Å². The lowest BCUT2D eigenvalue weighted by molar-refractivity contribution is -0.0426. The number of rotatable bonds is 18. The van der Waals surface area contributed by atoms with Crippen molar-refractivity contribution >= 4 is 8.56 Å². The molecule has 0 aliphatic carbocycles. The van der Waals surface area contributed by atoms with E-state index in [2.05, 4.69) is 41.5 Å². The first kappa shape index (κ1) is 31.1. The molecule has 1 unspecified atom stereocenters. The Bertz CT molecular complexity index is 350. The number of ether oxygens (including phenoxy) is 1. The van der Waals surface area contributed by atoms with Crippen LogP contribution >= 0.6 is 0 Å². The molecule has 188 valence electrons. The van der Waals surface area contributed by atoms with Gasteiger partial charge in [-0.2, -0.15) is 0 Å². The zero-order chi connectivity index (χ0) is 23.3. The standard InChI is InChI=1S/C14H30.C13H28O3Si/c1-3-5-7-9-11-13-14-12-10-8-6-4-2;1-5-13(14-6-2)11-9-10-12-17(13,15-7-3)16-8-4/h3-14H2,1-2H3;5-12H2,1-4H3. The lowest BCUT2D eigenvalue weighted by Gasteiger charge is -2.49. The van der Waals surface area contributed by atoms with Gasteiger partial charge in [0, 0.05) is 19.8 Å². The minimum atomic E-state index is -2.21. The average Bonchev–Trinajstić information content (AvgIpc) is 2.78. The molecular formula is C27H58O3Si. The molecule has 3 nitrogen and oxygen atoms in total. The summed E-state index contributed by atoms with van der Waals surface area (Å²) in [6.07, 6.45) is 22.0. The van der Waals surface area contributed by atoms with Gasteiger partial charge in [-0.1, -0.05) is 111 Å². The van der Waals surface area contributed by atoms with Gasteiger partial charge in [-0.25, -0.2) is 0 Å². The van der Waals surface area contributed by atoms with E-state index in [1.54, 1.807) is 0 Å². The second kappa shape index (κ2) is 20.7. The molecule has 0 amide bonds. The summed E-state index contributed by atoms with van der Waals surface area (Å²) in [7, 11) is -2.21. The highest BCUT2D eigenvalue weighted by Gasteiger charge is 2.58. The van der Waals surface area contributed by atoms with Crippen LogP contribution < -0.4 is 0 Å². The summed E-state index contributed by atoms with van der Waals surface area (Å²) in [6, 6.07) is 1.09. The van der Waals surface area contributed by atoms with Crippen molar-refractivity contribution in [2.75, 3.05) is 19.8 Å². The Morgan fingerprint density at radius 2 is 1.03 bits per heavy atom. The van der Waals surface area contributed by atoms with Gasteiger partial charge in [-0.15, -0.1) is 0 Å². The Morgan fingerprint density at radius 3 is 1.39 bits per heavy atom. The monoisotopic (exact) mass is 458 g/mol. The fourth-order valence-corrected chi connectivity index (χ4v) is 9.49. The Balaban J connectivity index is 0.000000594. The van der Waals surface area contributed by atoms with Crippen molar-refractivity contribution in [3.05, 3.63) is 0 Å². The van der Waals surface area contributed by atoms with Crippen molar-refractivity contribution in [1.82, 2.24) is 0 Å². The second-order valence-corrected chi connectivity index (χ2v) is 12.6. The molecule has 31 heavy (non-hydrogen) atoms. The van der Waals surface area contributed by atoms with Crippen molar-refractivity contribution in [3.63, 3.8) is 0 Å². The third-order valence-corrected chi connectivity index (χ3v) is 11.4. The van der Waals surface area contributed by atoms with Crippen LogP contribution in [0.3, 0.4) is 0 Å². The zero-order valence-corrected chi connectivity index (χ0v) is 23.4. The molecular weight excluding hydrogens is 400 g/mol. The minimum absolute atomic E-state index is 0.119. The molecule has 4 heteroatoms. The lowest BCUT2D eigenvalue weighted by Crippen LogP contribution is -2.65. The van der Waals surface area contributed by atoms with Crippen molar-refractivity contribution in [1.29, 1.82) is 0 Å². The molecule has 0 aromatic heterocycles. The van der Waals surface area contributed by atoms with Crippen LogP contribution in [-0.2, 0) is 13.6 Å². The van der Waals surface area contributed by atoms with Gasteiger partial charge in [0.1, 0.15) is 5.22 Å². The number of hydrogen-bond donors (Lipinski definition) is 0. The van der Waals surface area contributed by atoms with Gasteiger partial charge < -0.3 is 13.6 Å². The fourth-order valence-electron chi connectivity index (χ4n) is 5.02. The van der Waals surface area contributed by atoms with Crippen LogP contribution in [0.4, 0.5) is 0 Å². The lowest BCUT2D eigenvalue weighted by atomic mass is 10.1. The number of unbranched alkanes of at least 4 members (excludes halogenated alkanes) is 11. The maximum atomic E-state index is 6.16. The molecule has 1 fully saturated rings. The van der Waals surface area contributed by atoms with Gasteiger partial charge >= 0.3 is 8.56 Å². The highest BCUT2D eigenvalue weighted by atomic mass is 28.4. The summed E-state index contributed by atoms with van der Waals surface area (Å²) in [6.45, 7) is 15.2. The molecule has 0 aromatic rings. The SMILES string of the molecule is CCCCCCCCCCCCCC.CCOC1(CC)CCCC[Si]1(OCC)OCC. The first-order valence-corrected chi connectivity index (χ1v) is 16.1. The molecule has 1 atom stereocenters. The van der Waals surface area contributed by atoms with Gasteiger partial charge in [0.25, 0.3) is 0 Å². The molecule has 0 radical (unpaired) electrons. The van der Waals surface area contributed by atoms with E-state index in [9.17, 15) is 0 Å². The van der Waals surface area contributed by atoms with E-state index >= 15 is 0 Å². The van der Waals surface area contributed by atoms with E-state index in [0.717, 1.165) is 38.7 Å². The summed E-state index contributed by atoms with van der Waals surface area (Å²) in [4.78, 5) is 0. The van der Waals surface area contributed by atoms with Crippen LogP contribution in [0.15, 0.2) is 0 Å². The van der Waals surface area contributed by atoms with E-state index in [-0.39, 0.29) is 5.22 Å². The van der Waals surface area contributed by atoms with Gasteiger partial charge in [0.2, 0.25) is 0 Å². The molecule has 0 saturated carbocycles. The summed E-state index contributed by atoms with van der Waals surface area (Å²) >= 11 is 0. The highest BCUT2D eigenvalue weighted by Crippen LogP contribution is 2.43. The highest BCUT2D eigenvalue weighted by molar-refractivity contribution is 6.70. The zero-order valence-electron chi connectivity index (χ0n) is 22.4. The van der Waals surface area contributed by atoms with Crippen LogP contribution in [0.1, 0.15) is 144 Å². The van der Waals surface area contributed by atoms with E-state index in [1.165, 1.54) is 89.9 Å². The van der Waals surface area contributed by atoms with Crippen molar-refractivity contribution in [3.8, 4) is 0 Å².